The lowest BCUT2D eigenvalue weighted by Gasteiger charge is -2.17. The van der Waals surface area contributed by atoms with Gasteiger partial charge in [0.15, 0.2) is 0 Å². The molecule has 0 bridgehead atoms. The molecule has 0 saturated carbocycles. The van der Waals surface area contributed by atoms with Crippen molar-refractivity contribution in [3.8, 4) is 0 Å². The molecule has 0 radical (unpaired) electrons. The molecule has 0 amide bonds. The second kappa shape index (κ2) is 7.43. The molecule has 1 nitrogen and oxygen atoms in total. The summed E-state index contributed by atoms with van der Waals surface area (Å²) in [6.07, 6.45) is 0. The lowest BCUT2D eigenvalue weighted by Crippen LogP contribution is -2.22. The molecule has 1 N–H and O–H groups in total. The molecule has 2 aromatic rings. The number of thiophene rings is 1. The first-order valence-electron chi connectivity index (χ1n) is 6.04. The summed E-state index contributed by atoms with van der Waals surface area (Å²) in [5.41, 5.74) is 1.25. The molecule has 0 saturated heterocycles. The minimum atomic E-state index is -0.146. The Morgan fingerprint density at radius 1 is 1.37 bits per heavy atom. The van der Waals surface area contributed by atoms with Gasteiger partial charge in [0.1, 0.15) is 5.82 Å². The summed E-state index contributed by atoms with van der Waals surface area (Å²) < 4.78 is 14.7. The van der Waals surface area contributed by atoms with Crippen LogP contribution in [-0.2, 0) is 0 Å². The molecule has 0 spiro atoms. The third kappa shape index (κ3) is 4.05. The number of benzene rings is 1. The Bertz CT molecular complexity index is 530. The topological polar surface area (TPSA) is 12.0 Å². The fraction of sp³-hybridized carbons (Fsp3) is 0.286. The summed E-state index contributed by atoms with van der Waals surface area (Å²) in [5.74, 6) is 0.663. The van der Waals surface area contributed by atoms with Crippen LogP contribution in [0.4, 0.5) is 4.39 Å². The van der Waals surface area contributed by atoms with Gasteiger partial charge in [0, 0.05) is 26.5 Å². The van der Waals surface area contributed by atoms with E-state index in [0.717, 1.165) is 16.8 Å². The normalized spacial score (nSPS) is 12.6. The van der Waals surface area contributed by atoms with E-state index in [1.165, 1.54) is 11.6 Å². The van der Waals surface area contributed by atoms with E-state index >= 15 is 0 Å². The minimum absolute atomic E-state index is 0.146. The van der Waals surface area contributed by atoms with Crippen molar-refractivity contribution in [3.05, 3.63) is 50.9 Å². The highest BCUT2D eigenvalue weighted by Gasteiger charge is 2.15. The van der Waals surface area contributed by atoms with E-state index in [4.69, 9.17) is 0 Å². The van der Waals surface area contributed by atoms with E-state index in [2.05, 4.69) is 38.9 Å². The largest absolute Gasteiger partial charge is 0.309 e. The van der Waals surface area contributed by atoms with Crippen LogP contribution in [0.25, 0.3) is 0 Å². The third-order valence-electron chi connectivity index (χ3n) is 2.71. The van der Waals surface area contributed by atoms with Crippen LogP contribution in [0.5, 0.6) is 0 Å². The van der Waals surface area contributed by atoms with Gasteiger partial charge in [0.25, 0.3) is 0 Å². The summed E-state index contributed by atoms with van der Waals surface area (Å²) in [6, 6.07) is 7.15. The lowest BCUT2D eigenvalue weighted by molar-refractivity contribution is 0.595. The molecule has 1 atom stereocenters. The maximum Gasteiger partial charge on any atom is 0.136 e. The van der Waals surface area contributed by atoms with Crippen molar-refractivity contribution in [2.75, 3.05) is 12.3 Å². The molecule has 0 fully saturated rings. The molecule has 0 aliphatic carbocycles. The fourth-order valence-corrected chi connectivity index (χ4v) is 4.43. The highest BCUT2D eigenvalue weighted by Crippen LogP contribution is 2.32. The molecule has 0 aliphatic rings. The van der Waals surface area contributed by atoms with Gasteiger partial charge in [-0.2, -0.15) is 11.3 Å². The van der Waals surface area contributed by atoms with Crippen molar-refractivity contribution in [1.29, 1.82) is 0 Å². The van der Waals surface area contributed by atoms with Gasteiger partial charge in [0.05, 0.1) is 0 Å². The van der Waals surface area contributed by atoms with Crippen LogP contribution < -0.4 is 5.32 Å². The predicted octanol–water partition coefficient (Wildman–Crippen LogP) is 5.09. The number of hydrogen-bond acceptors (Lipinski definition) is 3. The fourth-order valence-electron chi connectivity index (χ4n) is 1.78. The van der Waals surface area contributed by atoms with Crippen LogP contribution in [-0.4, -0.2) is 12.3 Å². The van der Waals surface area contributed by atoms with Gasteiger partial charge in [-0.25, -0.2) is 4.39 Å². The highest BCUT2D eigenvalue weighted by molar-refractivity contribution is 9.10. The van der Waals surface area contributed by atoms with E-state index in [9.17, 15) is 4.39 Å². The molecule has 2 rings (SSSR count). The Kier molecular flexibility index (Phi) is 5.88. The smallest absolute Gasteiger partial charge is 0.136 e. The molecule has 102 valence electrons. The highest BCUT2D eigenvalue weighted by atomic mass is 79.9. The molecule has 1 heterocycles. The van der Waals surface area contributed by atoms with Gasteiger partial charge in [0.2, 0.25) is 0 Å². The van der Waals surface area contributed by atoms with Gasteiger partial charge >= 0.3 is 0 Å². The lowest BCUT2D eigenvalue weighted by atomic mass is 10.2. The van der Waals surface area contributed by atoms with Crippen LogP contribution >= 0.6 is 39.0 Å². The van der Waals surface area contributed by atoms with Crippen molar-refractivity contribution in [1.82, 2.24) is 5.32 Å². The van der Waals surface area contributed by atoms with Crippen molar-refractivity contribution in [2.45, 2.75) is 17.9 Å². The second-order valence-corrected chi connectivity index (χ2v) is 6.69. The molecule has 19 heavy (non-hydrogen) atoms. The zero-order valence-corrected chi connectivity index (χ0v) is 13.7. The van der Waals surface area contributed by atoms with Crippen LogP contribution in [0, 0.1) is 5.82 Å². The van der Waals surface area contributed by atoms with Crippen LogP contribution in [0.1, 0.15) is 18.5 Å². The summed E-state index contributed by atoms with van der Waals surface area (Å²) >= 11 is 6.79. The van der Waals surface area contributed by atoms with Crippen LogP contribution in [0.15, 0.2) is 44.4 Å². The molecule has 1 aromatic carbocycles. The van der Waals surface area contributed by atoms with Gasteiger partial charge in [-0.3, -0.25) is 0 Å². The Morgan fingerprint density at radius 2 is 2.16 bits per heavy atom. The number of hydrogen-bond donors (Lipinski definition) is 1. The van der Waals surface area contributed by atoms with E-state index in [1.807, 2.05) is 12.1 Å². The SMILES string of the molecule is CCNC(CSc1ccccc1F)c1cscc1Br. The average molecular weight is 360 g/mol. The number of thioether (sulfide) groups is 1. The third-order valence-corrected chi connectivity index (χ3v) is 5.60. The van der Waals surface area contributed by atoms with Gasteiger partial charge in [-0.05, 0) is 45.6 Å². The van der Waals surface area contributed by atoms with Gasteiger partial charge < -0.3 is 5.32 Å². The first-order valence-corrected chi connectivity index (χ1v) is 8.76. The second-order valence-electron chi connectivity index (χ2n) is 4.03. The van der Waals surface area contributed by atoms with Crippen molar-refractivity contribution in [2.24, 2.45) is 0 Å². The monoisotopic (exact) mass is 359 g/mol. The summed E-state index contributed by atoms with van der Waals surface area (Å²) in [4.78, 5) is 0.705. The Balaban J connectivity index is 2.06. The van der Waals surface area contributed by atoms with Crippen molar-refractivity contribution >= 4 is 39.0 Å². The Morgan fingerprint density at radius 3 is 2.79 bits per heavy atom. The van der Waals surface area contributed by atoms with Gasteiger partial charge in [-0.15, -0.1) is 11.8 Å². The zero-order chi connectivity index (χ0) is 13.7. The first-order chi connectivity index (χ1) is 9.22. The van der Waals surface area contributed by atoms with Crippen molar-refractivity contribution < 1.29 is 4.39 Å². The standard InChI is InChI=1S/C14H15BrFNS2/c1-2-17-13(10-7-18-8-11(10)15)9-19-14-6-4-3-5-12(14)16/h3-8,13,17H,2,9H2,1H3. The maximum absolute atomic E-state index is 13.6. The minimum Gasteiger partial charge on any atom is -0.309 e. The molecular formula is C14H15BrFNS2. The van der Waals surface area contributed by atoms with E-state index in [-0.39, 0.29) is 11.9 Å². The van der Waals surface area contributed by atoms with E-state index < -0.39 is 0 Å². The quantitative estimate of drug-likeness (QED) is 0.720. The van der Waals surface area contributed by atoms with Gasteiger partial charge in [-0.1, -0.05) is 19.1 Å². The molecule has 5 heteroatoms. The first kappa shape index (κ1) is 15.0. The van der Waals surface area contributed by atoms with E-state index in [0.29, 0.717) is 4.90 Å². The van der Waals surface area contributed by atoms with E-state index in [1.54, 1.807) is 29.2 Å². The number of nitrogens with one attached hydrogen (secondary N) is 1. The summed E-state index contributed by atoms with van der Waals surface area (Å²) in [7, 11) is 0. The number of rotatable bonds is 6. The average Bonchev–Trinajstić information content (AvgIpc) is 2.82. The molecular weight excluding hydrogens is 345 g/mol. The predicted molar refractivity (Wildman–Crippen MR) is 85.6 cm³/mol. The van der Waals surface area contributed by atoms with Crippen LogP contribution in [0.3, 0.4) is 0 Å². The molecule has 1 aromatic heterocycles. The Labute approximate surface area is 129 Å². The Hall–Kier alpha value is -0.360. The molecule has 1 unspecified atom stereocenters. The summed E-state index contributed by atoms with van der Waals surface area (Å²) in [6.45, 7) is 2.98. The van der Waals surface area contributed by atoms with Crippen molar-refractivity contribution in [3.63, 3.8) is 0 Å². The van der Waals surface area contributed by atoms with Crippen LogP contribution in [0.2, 0.25) is 0 Å². The zero-order valence-electron chi connectivity index (χ0n) is 10.5. The summed E-state index contributed by atoms with van der Waals surface area (Å²) in [5, 5.41) is 7.66. The molecule has 0 aliphatic heterocycles. The maximum atomic E-state index is 13.6. The number of halogens is 2.